The average molecular weight is 268 g/mol. The number of amides is 1. The molecule has 3 heteroatoms. The second-order valence-corrected chi connectivity index (χ2v) is 5.14. The highest BCUT2D eigenvalue weighted by molar-refractivity contribution is 5.95. The van der Waals surface area contributed by atoms with E-state index in [0.29, 0.717) is 11.3 Å². The molecular weight excluding hydrogens is 248 g/mol. The minimum absolute atomic E-state index is 0.0588. The van der Waals surface area contributed by atoms with Crippen LogP contribution in [0.25, 0.3) is 0 Å². The van der Waals surface area contributed by atoms with Crippen molar-refractivity contribution in [3.8, 4) is 0 Å². The zero-order valence-corrected chi connectivity index (χ0v) is 11.9. The Labute approximate surface area is 119 Å². The molecule has 1 atom stereocenters. The van der Waals surface area contributed by atoms with Gasteiger partial charge in [-0.3, -0.25) is 4.79 Å². The summed E-state index contributed by atoms with van der Waals surface area (Å²) in [7, 11) is 0. The molecule has 3 N–H and O–H groups in total. The number of benzene rings is 2. The second-order valence-electron chi connectivity index (χ2n) is 5.14. The molecule has 0 saturated heterocycles. The Morgan fingerprint density at radius 3 is 2.55 bits per heavy atom. The zero-order chi connectivity index (χ0) is 14.5. The van der Waals surface area contributed by atoms with Crippen molar-refractivity contribution in [2.24, 2.45) is 0 Å². The van der Waals surface area contributed by atoms with Gasteiger partial charge in [-0.1, -0.05) is 30.3 Å². The summed E-state index contributed by atoms with van der Waals surface area (Å²) in [4.78, 5) is 12.2. The first-order chi connectivity index (χ1) is 9.56. The first-order valence-corrected chi connectivity index (χ1v) is 6.77. The highest BCUT2D eigenvalue weighted by Crippen LogP contribution is 2.13. The number of nitrogen functional groups attached to an aromatic ring is 1. The van der Waals surface area contributed by atoms with Gasteiger partial charge in [-0.05, 0) is 49.6 Å². The Bertz CT molecular complexity index is 593. The molecule has 1 amide bonds. The fourth-order valence-corrected chi connectivity index (χ4v) is 2.14. The third kappa shape index (κ3) is 3.60. The van der Waals surface area contributed by atoms with Crippen molar-refractivity contribution in [1.29, 1.82) is 0 Å². The second kappa shape index (κ2) is 6.24. The summed E-state index contributed by atoms with van der Waals surface area (Å²) in [6, 6.07) is 15.6. The predicted molar refractivity (Wildman–Crippen MR) is 82.7 cm³/mol. The topological polar surface area (TPSA) is 55.1 Å². The van der Waals surface area contributed by atoms with E-state index in [-0.39, 0.29) is 11.9 Å². The fourth-order valence-electron chi connectivity index (χ4n) is 2.14. The number of hydrogen-bond donors (Lipinski definition) is 2. The number of nitrogens with two attached hydrogens (primary N) is 1. The summed E-state index contributed by atoms with van der Waals surface area (Å²) in [5.74, 6) is -0.0588. The van der Waals surface area contributed by atoms with Gasteiger partial charge in [0.05, 0.1) is 0 Å². The van der Waals surface area contributed by atoms with E-state index in [1.54, 1.807) is 12.1 Å². The molecule has 0 bridgehead atoms. The van der Waals surface area contributed by atoms with Gasteiger partial charge in [0.1, 0.15) is 0 Å². The predicted octanol–water partition coefficient (Wildman–Crippen LogP) is 2.94. The van der Waals surface area contributed by atoms with E-state index in [1.165, 1.54) is 5.56 Å². The smallest absolute Gasteiger partial charge is 0.251 e. The third-order valence-electron chi connectivity index (χ3n) is 3.29. The molecule has 0 aromatic heterocycles. The van der Waals surface area contributed by atoms with Crippen LogP contribution in [0.3, 0.4) is 0 Å². The van der Waals surface area contributed by atoms with Gasteiger partial charge in [-0.15, -0.1) is 0 Å². The van der Waals surface area contributed by atoms with Crippen molar-refractivity contribution in [2.75, 3.05) is 5.73 Å². The SMILES string of the molecule is Cc1cc(C(=O)NC(C)Cc2ccccc2)ccc1N. The van der Waals surface area contributed by atoms with Crippen LogP contribution < -0.4 is 11.1 Å². The highest BCUT2D eigenvalue weighted by atomic mass is 16.1. The third-order valence-corrected chi connectivity index (χ3v) is 3.29. The number of anilines is 1. The zero-order valence-electron chi connectivity index (χ0n) is 11.9. The summed E-state index contributed by atoms with van der Waals surface area (Å²) < 4.78 is 0. The molecule has 2 rings (SSSR count). The van der Waals surface area contributed by atoms with Crippen LogP contribution in [-0.4, -0.2) is 11.9 Å². The van der Waals surface area contributed by atoms with E-state index >= 15 is 0 Å². The van der Waals surface area contributed by atoms with Gasteiger partial charge in [0.25, 0.3) is 5.91 Å². The van der Waals surface area contributed by atoms with Crippen molar-refractivity contribution in [1.82, 2.24) is 5.32 Å². The molecule has 2 aromatic rings. The highest BCUT2D eigenvalue weighted by Gasteiger charge is 2.11. The molecular formula is C17H20N2O. The molecule has 0 aliphatic heterocycles. The van der Waals surface area contributed by atoms with Gasteiger partial charge < -0.3 is 11.1 Å². The maximum Gasteiger partial charge on any atom is 0.251 e. The molecule has 0 fully saturated rings. The monoisotopic (exact) mass is 268 g/mol. The molecule has 0 aliphatic rings. The molecule has 0 saturated carbocycles. The first kappa shape index (κ1) is 14.1. The minimum atomic E-state index is -0.0588. The Hall–Kier alpha value is -2.29. The van der Waals surface area contributed by atoms with Crippen molar-refractivity contribution in [2.45, 2.75) is 26.3 Å². The summed E-state index contributed by atoms with van der Waals surface area (Å²) in [6.45, 7) is 3.91. The van der Waals surface area contributed by atoms with Crippen LogP contribution >= 0.6 is 0 Å². The Kier molecular flexibility index (Phi) is 4.41. The lowest BCUT2D eigenvalue weighted by Gasteiger charge is -2.14. The maximum absolute atomic E-state index is 12.2. The molecule has 0 radical (unpaired) electrons. The molecule has 1 unspecified atom stereocenters. The summed E-state index contributed by atoms with van der Waals surface area (Å²) in [5, 5.41) is 3.01. The Balaban J connectivity index is 1.98. The van der Waals surface area contributed by atoms with Gasteiger partial charge in [-0.2, -0.15) is 0 Å². The Morgan fingerprint density at radius 1 is 1.20 bits per heavy atom. The summed E-state index contributed by atoms with van der Waals surface area (Å²) >= 11 is 0. The normalized spacial score (nSPS) is 11.9. The largest absolute Gasteiger partial charge is 0.399 e. The molecule has 3 nitrogen and oxygen atoms in total. The number of rotatable bonds is 4. The number of aryl methyl sites for hydroxylation is 1. The first-order valence-electron chi connectivity index (χ1n) is 6.77. The molecule has 0 aliphatic carbocycles. The Morgan fingerprint density at radius 2 is 1.90 bits per heavy atom. The quantitative estimate of drug-likeness (QED) is 0.838. The lowest BCUT2D eigenvalue weighted by atomic mass is 10.1. The molecule has 0 spiro atoms. The lowest BCUT2D eigenvalue weighted by Crippen LogP contribution is -2.34. The van der Waals surface area contributed by atoms with Crippen LogP contribution in [0.1, 0.15) is 28.4 Å². The molecule has 20 heavy (non-hydrogen) atoms. The fraction of sp³-hybridized carbons (Fsp3) is 0.235. The van der Waals surface area contributed by atoms with Crippen LogP contribution in [0.4, 0.5) is 5.69 Å². The standard InChI is InChI=1S/C17H20N2O/c1-12-10-15(8-9-16(12)18)17(20)19-13(2)11-14-6-4-3-5-7-14/h3-10,13H,11,18H2,1-2H3,(H,19,20). The number of carbonyl (C=O) groups is 1. The maximum atomic E-state index is 12.2. The van der Waals surface area contributed by atoms with E-state index < -0.39 is 0 Å². The molecule has 2 aromatic carbocycles. The van der Waals surface area contributed by atoms with Crippen molar-refractivity contribution in [3.63, 3.8) is 0 Å². The van der Waals surface area contributed by atoms with Crippen LogP contribution in [0.2, 0.25) is 0 Å². The number of hydrogen-bond acceptors (Lipinski definition) is 2. The van der Waals surface area contributed by atoms with E-state index in [0.717, 1.165) is 12.0 Å². The van der Waals surface area contributed by atoms with Gasteiger partial charge in [0.15, 0.2) is 0 Å². The van der Waals surface area contributed by atoms with Crippen molar-refractivity contribution >= 4 is 11.6 Å². The van der Waals surface area contributed by atoms with Crippen LogP contribution in [0.15, 0.2) is 48.5 Å². The average Bonchev–Trinajstić information content (AvgIpc) is 2.42. The van der Waals surface area contributed by atoms with Crippen molar-refractivity contribution in [3.05, 3.63) is 65.2 Å². The van der Waals surface area contributed by atoms with Crippen LogP contribution in [0.5, 0.6) is 0 Å². The van der Waals surface area contributed by atoms with Gasteiger partial charge in [0, 0.05) is 17.3 Å². The van der Waals surface area contributed by atoms with Gasteiger partial charge in [0.2, 0.25) is 0 Å². The van der Waals surface area contributed by atoms with Crippen LogP contribution in [-0.2, 0) is 6.42 Å². The molecule has 0 heterocycles. The summed E-state index contributed by atoms with van der Waals surface area (Å²) in [5.41, 5.74) is 9.26. The van der Waals surface area contributed by atoms with Gasteiger partial charge in [-0.25, -0.2) is 0 Å². The minimum Gasteiger partial charge on any atom is -0.399 e. The molecule has 104 valence electrons. The van der Waals surface area contributed by atoms with Gasteiger partial charge >= 0.3 is 0 Å². The van der Waals surface area contributed by atoms with E-state index in [2.05, 4.69) is 17.4 Å². The van der Waals surface area contributed by atoms with Crippen molar-refractivity contribution < 1.29 is 4.79 Å². The number of carbonyl (C=O) groups excluding carboxylic acids is 1. The van der Waals surface area contributed by atoms with Crippen LogP contribution in [0, 0.1) is 6.92 Å². The number of nitrogens with one attached hydrogen (secondary N) is 1. The van der Waals surface area contributed by atoms with E-state index in [9.17, 15) is 4.79 Å². The lowest BCUT2D eigenvalue weighted by molar-refractivity contribution is 0.0940. The van der Waals surface area contributed by atoms with E-state index in [4.69, 9.17) is 5.73 Å². The summed E-state index contributed by atoms with van der Waals surface area (Å²) in [6.07, 6.45) is 0.820. The van der Waals surface area contributed by atoms with E-state index in [1.807, 2.05) is 38.1 Å².